The minimum absolute atomic E-state index is 0.469. The lowest BCUT2D eigenvalue weighted by Gasteiger charge is -2.27. The van der Waals surface area contributed by atoms with E-state index in [1.54, 1.807) is 0 Å². The van der Waals surface area contributed by atoms with Gasteiger partial charge in [-0.25, -0.2) is 0 Å². The molecule has 4 nitrogen and oxygen atoms in total. The lowest BCUT2D eigenvalue weighted by molar-refractivity contribution is 0.645. The molecule has 0 bridgehead atoms. The zero-order chi connectivity index (χ0) is 27.3. The van der Waals surface area contributed by atoms with Gasteiger partial charge in [0.15, 0.2) is 0 Å². The molecule has 3 aromatic rings. The maximum Gasteiger partial charge on any atom is 0.0463 e. The topological polar surface area (TPSA) is 39.3 Å². The number of unbranched alkanes of at least 4 members (excludes halogenated alkanes) is 1. The third-order valence-corrected chi connectivity index (χ3v) is 7.05. The third-order valence-electron chi connectivity index (χ3n) is 7.05. The number of hydrogen-bond acceptors (Lipinski definition) is 4. The SMILES string of the molecule is CCCCC(C)Nc1ccc(N(c2ccc(NC(C)CCC)cc2)c2ccc(NC(C)CCC)cc2)cc1. The molecule has 0 amide bonds. The second kappa shape index (κ2) is 15.3. The van der Waals surface area contributed by atoms with E-state index in [1.165, 1.54) is 62.0 Å². The van der Waals surface area contributed by atoms with Gasteiger partial charge in [-0.3, -0.25) is 0 Å². The Morgan fingerprint density at radius 3 is 1.08 bits per heavy atom. The summed E-state index contributed by atoms with van der Waals surface area (Å²) in [5.74, 6) is 0. The highest BCUT2D eigenvalue weighted by Crippen LogP contribution is 2.36. The molecule has 206 valence electrons. The summed E-state index contributed by atoms with van der Waals surface area (Å²) in [5, 5.41) is 10.9. The molecule has 0 aromatic heterocycles. The van der Waals surface area contributed by atoms with Crippen molar-refractivity contribution in [1.29, 1.82) is 0 Å². The van der Waals surface area contributed by atoms with Crippen LogP contribution in [0, 0.1) is 0 Å². The van der Waals surface area contributed by atoms with Crippen molar-refractivity contribution >= 4 is 34.1 Å². The summed E-state index contributed by atoms with van der Waals surface area (Å²) >= 11 is 0. The number of hydrogen-bond donors (Lipinski definition) is 3. The minimum atomic E-state index is 0.469. The number of benzene rings is 3. The third kappa shape index (κ3) is 9.01. The largest absolute Gasteiger partial charge is 0.383 e. The quantitative estimate of drug-likeness (QED) is 0.178. The zero-order valence-corrected chi connectivity index (χ0v) is 24.6. The first kappa shape index (κ1) is 29.4. The van der Waals surface area contributed by atoms with Crippen LogP contribution in [-0.2, 0) is 0 Å². The van der Waals surface area contributed by atoms with Crippen LogP contribution in [0.25, 0.3) is 0 Å². The first-order chi connectivity index (χ1) is 18.4. The summed E-state index contributed by atoms with van der Waals surface area (Å²) in [7, 11) is 0. The highest BCUT2D eigenvalue weighted by atomic mass is 15.1. The van der Waals surface area contributed by atoms with Crippen molar-refractivity contribution in [3.63, 3.8) is 0 Å². The van der Waals surface area contributed by atoms with Gasteiger partial charge in [0.1, 0.15) is 0 Å². The Balaban J connectivity index is 1.86. The van der Waals surface area contributed by atoms with Crippen molar-refractivity contribution in [3.05, 3.63) is 72.8 Å². The van der Waals surface area contributed by atoms with Gasteiger partial charge in [0.05, 0.1) is 0 Å². The average Bonchev–Trinajstić information content (AvgIpc) is 2.91. The molecule has 0 saturated heterocycles. The Morgan fingerprint density at radius 1 is 0.474 bits per heavy atom. The number of nitrogens with one attached hydrogen (secondary N) is 3. The summed E-state index contributed by atoms with van der Waals surface area (Å²) in [4.78, 5) is 2.34. The second-order valence-electron chi connectivity index (χ2n) is 10.8. The van der Waals surface area contributed by atoms with Gasteiger partial charge in [0, 0.05) is 52.2 Å². The van der Waals surface area contributed by atoms with E-state index in [-0.39, 0.29) is 0 Å². The van der Waals surface area contributed by atoms with Gasteiger partial charge >= 0.3 is 0 Å². The average molecular weight is 515 g/mol. The molecule has 0 aliphatic rings. The molecule has 3 unspecified atom stereocenters. The Hall–Kier alpha value is -3.14. The summed E-state index contributed by atoms with van der Waals surface area (Å²) < 4.78 is 0. The van der Waals surface area contributed by atoms with Crippen LogP contribution < -0.4 is 20.9 Å². The minimum Gasteiger partial charge on any atom is -0.383 e. The van der Waals surface area contributed by atoms with Crippen LogP contribution in [0.1, 0.15) is 86.5 Å². The van der Waals surface area contributed by atoms with Crippen molar-refractivity contribution in [2.45, 2.75) is 105 Å². The monoisotopic (exact) mass is 514 g/mol. The molecule has 3 aromatic carbocycles. The van der Waals surface area contributed by atoms with Gasteiger partial charge in [0.2, 0.25) is 0 Å². The molecule has 38 heavy (non-hydrogen) atoms. The molecule has 4 heteroatoms. The van der Waals surface area contributed by atoms with E-state index in [4.69, 9.17) is 0 Å². The molecule has 3 rings (SSSR count). The predicted molar refractivity (Wildman–Crippen MR) is 170 cm³/mol. The molecule has 3 atom stereocenters. The lowest BCUT2D eigenvalue weighted by atomic mass is 10.1. The lowest BCUT2D eigenvalue weighted by Crippen LogP contribution is -2.16. The number of rotatable bonds is 16. The maximum atomic E-state index is 3.66. The molecule has 0 heterocycles. The second-order valence-corrected chi connectivity index (χ2v) is 10.8. The van der Waals surface area contributed by atoms with Crippen LogP contribution >= 0.6 is 0 Å². The first-order valence-electron chi connectivity index (χ1n) is 14.8. The van der Waals surface area contributed by atoms with Crippen molar-refractivity contribution in [3.8, 4) is 0 Å². The smallest absolute Gasteiger partial charge is 0.0463 e. The highest BCUT2D eigenvalue weighted by molar-refractivity contribution is 5.78. The van der Waals surface area contributed by atoms with E-state index in [9.17, 15) is 0 Å². The molecule has 3 N–H and O–H groups in total. The van der Waals surface area contributed by atoms with E-state index in [2.05, 4.69) is 135 Å². The van der Waals surface area contributed by atoms with Gasteiger partial charge in [-0.05, 0) is 113 Å². The van der Waals surface area contributed by atoms with E-state index in [0.717, 1.165) is 17.1 Å². The fourth-order valence-electron chi connectivity index (χ4n) is 5.01. The summed E-state index contributed by atoms with van der Waals surface area (Å²) in [6, 6.07) is 27.9. The molecule has 0 aliphatic heterocycles. The fraction of sp³-hybridized carbons (Fsp3) is 0.471. The molecule has 0 aliphatic carbocycles. The Bertz CT molecular complexity index is 986. The molecular formula is C34H50N4. The van der Waals surface area contributed by atoms with Gasteiger partial charge in [-0.2, -0.15) is 0 Å². The van der Waals surface area contributed by atoms with E-state index < -0.39 is 0 Å². The zero-order valence-electron chi connectivity index (χ0n) is 24.6. The van der Waals surface area contributed by atoms with E-state index >= 15 is 0 Å². The molecule has 0 spiro atoms. The Morgan fingerprint density at radius 2 is 0.789 bits per heavy atom. The fourth-order valence-corrected chi connectivity index (χ4v) is 5.01. The van der Waals surface area contributed by atoms with Gasteiger partial charge < -0.3 is 20.9 Å². The van der Waals surface area contributed by atoms with Crippen molar-refractivity contribution < 1.29 is 0 Å². The predicted octanol–water partition coefficient (Wildman–Crippen LogP) is 10.3. The molecular weight excluding hydrogens is 464 g/mol. The normalized spacial score (nSPS) is 13.4. The van der Waals surface area contributed by atoms with Gasteiger partial charge in [-0.1, -0.05) is 46.5 Å². The van der Waals surface area contributed by atoms with E-state index in [0.29, 0.717) is 18.1 Å². The van der Waals surface area contributed by atoms with Crippen molar-refractivity contribution in [1.82, 2.24) is 0 Å². The molecule has 0 radical (unpaired) electrons. The Kier molecular flexibility index (Phi) is 11.9. The summed E-state index contributed by atoms with van der Waals surface area (Å²) in [6.07, 6.45) is 8.39. The van der Waals surface area contributed by atoms with E-state index in [1.807, 2.05) is 0 Å². The van der Waals surface area contributed by atoms with Crippen LogP contribution in [0.3, 0.4) is 0 Å². The van der Waals surface area contributed by atoms with Crippen LogP contribution in [0.4, 0.5) is 34.1 Å². The first-order valence-corrected chi connectivity index (χ1v) is 14.8. The number of nitrogens with zero attached hydrogens (tertiary/aromatic N) is 1. The molecule has 0 fully saturated rings. The van der Waals surface area contributed by atoms with Crippen LogP contribution in [0.5, 0.6) is 0 Å². The Labute approximate surface area is 232 Å². The van der Waals surface area contributed by atoms with Crippen molar-refractivity contribution in [2.75, 3.05) is 20.9 Å². The van der Waals surface area contributed by atoms with Crippen LogP contribution in [0.15, 0.2) is 72.8 Å². The van der Waals surface area contributed by atoms with Gasteiger partial charge in [-0.15, -0.1) is 0 Å². The summed E-state index contributed by atoms with van der Waals surface area (Å²) in [6.45, 7) is 13.5. The van der Waals surface area contributed by atoms with Crippen LogP contribution in [0.2, 0.25) is 0 Å². The standard InChI is InChI=1S/C34H50N4/c1-7-10-13-28(6)37-31-18-24-34(25-19-31)38(32-20-14-29(15-21-32)35-26(4)11-8-2)33-22-16-30(17-23-33)36-27(5)12-9-3/h14-28,35-37H,7-13H2,1-6H3. The van der Waals surface area contributed by atoms with Crippen molar-refractivity contribution in [2.24, 2.45) is 0 Å². The van der Waals surface area contributed by atoms with Crippen LogP contribution in [-0.4, -0.2) is 18.1 Å². The number of anilines is 6. The summed E-state index contributed by atoms with van der Waals surface area (Å²) in [5.41, 5.74) is 6.95. The molecule has 0 saturated carbocycles. The maximum absolute atomic E-state index is 3.66. The highest BCUT2D eigenvalue weighted by Gasteiger charge is 2.14. The van der Waals surface area contributed by atoms with Gasteiger partial charge in [0.25, 0.3) is 0 Å².